The quantitative estimate of drug-likeness (QED) is 0.499. The molecule has 1 aromatic rings. The van der Waals surface area contributed by atoms with Gasteiger partial charge in [0.15, 0.2) is 0 Å². The summed E-state index contributed by atoms with van der Waals surface area (Å²) in [7, 11) is -3.73. The number of benzene rings is 1. The lowest BCUT2D eigenvalue weighted by molar-refractivity contribution is -0.149. The first kappa shape index (κ1) is 22.1. The molecule has 29 heavy (non-hydrogen) atoms. The molecule has 2 fully saturated rings. The van der Waals surface area contributed by atoms with Crippen LogP contribution in [0, 0.1) is 5.92 Å². The van der Waals surface area contributed by atoms with Crippen molar-refractivity contribution in [3.8, 4) is 0 Å². The second-order valence-corrected chi connectivity index (χ2v) is 10.1. The van der Waals surface area contributed by atoms with Crippen LogP contribution in [0.3, 0.4) is 0 Å². The molecule has 0 N–H and O–H groups in total. The zero-order chi connectivity index (χ0) is 21.0. The van der Waals surface area contributed by atoms with Gasteiger partial charge in [0.2, 0.25) is 10.0 Å². The molecule has 0 aromatic heterocycles. The van der Waals surface area contributed by atoms with Crippen LogP contribution >= 0.6 is 11.8 Å². The highest BCUT2D eigenvalue weighted by molar-refractivity contribution is 7.98. The van der Waals surface area contributed by atoms with Crippen LogP contribution in [-0.4, -0.2) is 68.5 Å². The Kier molecular flexibility index (Phi) is 7.23. The predicted octanol–water partition coefficient (Wildman–Crippen LogP) is 2.61. The molecule has 0 saturated carbocycles. The molecule has 1 amide bonds. The third kappa shape index (κ3) is 4.78. The van der Waals surface area contributed by atoms with Crippen molar-refractivity contribution in [3.05, 3.63) is 23.8 Å². The van der Waals surface area contributed by atoms with Gasteiger partial charge in [-0.15, -0.1) is 11.8 Å². The van der Waals surface area contributed by atoms with Crippen LogP contribution in [0.15, 0.2) is 28.0 Å². The van der Waals surface area contributed by atoms with E-state index in [4.69, 9.17) is 4.74 Å². The number of ether oxygens (including phenoxy) is 1. The molecule has 3 rings (SSSR count). The highest BCUT2D eigenvalue weighted by atomic mass is 32.2. The standard InChI is InChI=1S/C20H28N2O5S2/c1-3-27-20(24)15-8-12-22(13-9-15)29(25,26)16-6-7-18(28-2)17(14-16)19(23)21-10-4-5-11-21/h6-7,14-15H,3-5,8-13H2,1-2H3. The number of amides is 1. The monoisotopic (exact) mass is 440 g/mol. The molecule has 160 valence electrons. The molecule has 9 heteroatoms. The first-order chi connectivity index (χ1) is 13.9. The summed E-state index contributed by atoms with van der Waals surface area (Å²) < 4.78 is 32.8. The lowest BCUT2D eigenvalue weighted by Gasteiger charge is -2.30. The van der Waals surface area contributed by atoms with Crippen molar-refractivity contribution in [1.82, 2.24) is 9.21 Å². The van der Waals surface area contributed by atoms with Crippen molar-refractivity contribution >= 4 is 33.7 Å². The third-order valence-electron chi connectivity index (χ3n) is 5.51. The highest BCUT2D eigenvalue weighted by Gasteiger charge is 2.33. The first-order valence-electron chi connectivity index (χ1n) is 10.0. The lowest BCUT2D eigenvalue weighted by atomic mass is 9.98. The number of hydrogen-bond donors (Lipinski definition) is 0. The Hall–Kier alpha value is -1.58. The van der Waals surface area contributed by atoms with E-state index in [1.165, 1.54) is 22.1 Å². The van der Waals surface area contributed by atoms with Crippen LogP contribution in [0.2, 0.25) is 0 Å². The largest absolute Gasteiger partial charge is 0.466 e. The van der Waals surface area contributed by atoms with Crippen LogP contribution in [0.5, 0.6) is 0 Å². The Balaban J connectivity index is 1.79. The fraction of sp³-hybridized carbons (Fsp3) is 0.600. The summed E-state index contributed by atoms with van der Waals surface area (Å²) in [5.41, 5.74) is 0.446. The number of hydrogen-bond acceptors (Lipinski definition) is 6. The van der Waals surface area contributed by atoms with E-state index in [2.05, 4.69) is 0 Å². The zero-order valence-electron chi connectivity index (χ0n) is 16.9. The van der Waals surface area contributed by atoms with Gasteiger partial charge in [-0.25, -0.2) is 8.42 Å². The minimum Gasteiger partial charge on any atom is -0.466 e. The van der Waals surface area contributed by atoms with Gasteiger partial charge >= 0.3 is 5.97 Å². The molecule has 0 aliphatic carbocycles. The summed E-state index contributed by atoms with van der Waals surface area (Å²) >= 11 is 1.44. The van der Waals surface area contributed by atoms with Gasteiger partial charge in [0.05, 0.1) is 23.0 Å². The third-order valence-corrected chi connectivity index (χ3v) is 8.20. The fourth-order valence-corrected chi connectivity index (χ4v) is 5.91. The van der Waals surface area contributed by atoms with Gasteiger partial charge in [0, 0.05) is 31.1 Å². The normalized spacial score (nSPS) is 18.8. The maximum absolute atomic E-state index is 13.2. The molecule has 2 aliphatic rings. The van der Waals surface area contributed by atoms with E-state index in [9.17, 15) is 18.0 Å². The van der Waals surface area contributed by atoms with Gasteiger partial charge in [-0.05, 0) is 57.1 Å². The number of nitrogens with zero attached hydrogens (tertiary/aromatic N) is 2. The van der Waals surface area contributed by atoms with Crippen LogP contribution < -0.4 is 0 Å². The summed E-state index contributed by atoms with van der Waals surface area (Å²) in [6.45, 7) is 4.05. The Labute approximate surface area is 176 Å². The smallest absolute Gasteiger partial charge is 0.309 e. The molecule has 7 nitrogen and oxygen atoms in total. The van der Waals surface area contributed by atoms with Crippen LogP contribution in [-0.2, 0) is 19.6 Å². The van der Waals surface area contributed by atoms with Crippen molar-refractivity contribution in [1.29, 1.82) is 0 Å². The molecule has 0 radical (unpaired) electrons. The Morgan fingerprint density at radius 2 is 1.79 bits per heavy atom. The SMILES string of the molecule is CCOC(=O)C1CCN(S(=O)(=O)c2ccc(SC)c(C(=O)N3CCCC3)c2)CC1. The van der Waals surface area contributed by atoms with Crippen molar-refractivity contribution in [3.63, 3.8) is 0 Å². The number of rotatable bonds is 6. The van der Waals surface area contributed by atoms with Gasteiger partial charge in [0.25, 0.3) is 5.91 Å². The first-order valence-corrected chi connectivity index (χ1v) is 12.7. The average Bonchev–Trinajstić information content (AvgIpc) is 3.28. The molecule has 0 atom stereocenters. The molecule has 2 heterocycles. The van der Waals surface area contributed by atoms with E-state index < -0.39 is 10.0 Å². The minimum absolute atomic E-state index is 0.107. The van der Waals surface area contributed by atoms with Gasteiger partial charge in [-0.2, -0.15) is 4.31 Å². The molecule has 2 aliphatic heterocycles. The summed E-state index contributed by atoms with van der Waals surface area (Å²) in [6, 6.07) is 4.80. The molecular weight excluding hydrogens is 412 g/mol. The summed E-state index contributed by atoms with van der Waals surface area (Å²) in [5.74, 6) is -0.621. The molecule has 0 spiro atoms. The molecule has 2 saturated heterocycles. The number of sulfonamides is 1. The predicted molar refractivity (Wildman–Crippen MR) is 111 cm³/mol. The number of esters is 1. The minimum atomic E-state index is -3.73. The van der Waals surface area contributed by atoms with E-state index in [0.29, 0.717) is 38.1 Å². The second kappa shape index (κ2) is 9.49. The second-order valence-electron chi connectivity index (χ2n) is 7.29. The molecule has 0 bridgehead atoms. The number of carbonyl (C=O) groups is 2. The highest BCUT2D eigenvalue weighted by Crippen LogP contribution is 2.29. The maximum atomic E-state index is 13.2. The summed E-state index contributed by atoms with van der Waals surface area (Å²) in [6.07, 6.45) is 4.73. The number of thioether (sulfide) groups is 1. The molecular formula is C20H28N2O5S2. The van der Waals surface area contributed by atoms with Crippen LogP contribution in [0.25, 0.3) is 0 Å². The van der Waals surface area contributed by atoms with E-state index in [1.54, 1.807) is 24.0 Å². The van der Waals surface area contributed by atoms with E-state index in [0.717, 1.165) is 17.7 Å². The van der Waals surface area contributed by atoms with E-state index in [-0.39, 0.29) is 35.8 Å². The van der Waals surface area contributed by atoms with Crippen molar-refractivity contribution in [2.75, 3.05) is 39.0 Å². The van der Waals surface area contributed by atoms with E-state index in [1.807, 2.05) is 6.26 Å². The van der Waals surface area contributed by atoms with E-state index >= 15 is 0 Å². The van der Waals surface area contributed by atoms with Crippen LogP contribution in [0.4, 0.5) is 0 Å². The Bertz CT molecular complexity index is 858. The van der Waals surface area contributed by atoms with Crippen LogP contribution in [0.1, 0.15) is 43.0 Å². The Morgan fingerprint density at radius 1 is 1.14 bits per heavy atom. The fourth-order valence-electron chi connectivity index (χ4n) is 3.85. The van der Waals surface area contributed by atoms with Gasteiger partial charge < -0.3 is 9.64 Å². The molecule has 1 aromatic carbocycles. The number of piperidine rings is 1. The lowest BCUT2D eigenvalue weighted by Crippen LogP contribution is -2.40. The van der Waals surface area contributed by atoms with Gasteiger partial charge in [0.1, 0.15) is 0 Å². The maximum Gasteiger partial charge on any atom is 0.309 e. The van der Waals surface area contributed by atoms with Crippen molar-refractivity contribution in [2.45, 2.75) is 42.4 Å². The zero-order valence-corrected chi connectivity index (χ0v) is 18.6. The number of likely N-dealkylation sites (tertiary alicyclic amines) is 1. The van der Waals surface area contributed by atoms with Gasteiger partial charge in [-0.1, -0.05) is 0 Å². The van der Waals surface area contributed by atoms with Crippen molar-refractivity contribution < 1.29 is 22.7 Å². The number of carbonyl (C=O) groups excluding carboxylic acids is 2. The summed E-state index contributed by atoms with van der Waals surface area (Å²) in [4.78, 5) is 27.5. The molecule has 0 unspecified atom stereocenters. The van der Waals surface area contributed by atoms with Gasteiger partial charge in [-0.3, -0.25) is 9.59 Å². The Morgan fingerprint density at radius 3 is 2.38 bits per heavy atom. The topological polar surface area (TPSA) is 84.0 Å². The van der Waals surface area contributed by atoms with Crippen molar-refractivity contribution in [2.24, 2.45) is 5.92 Å². The summed E-state index contributed by atoms with van der Waals surface area (Å²) in [5, 5.41) is 0. The average molecular weight is 441 g/mol.